The quantitative estimate of drug-likeness (QED) is 0.798. The lowest BCUT2D eigenvalue weighted by atomic mass is 10.2. The molecule has 1 atom stereocenters. The van der Waals surface area contributed by atoms with E-state index in [9.17, 15) is 26.0 Å². The van der Waals surface area contributed by atoms with Gasteiger partial charge in [0, 0.05) is 13.1 Å². The van der Waals surface area contributed by atoms with E-state index < -0.39 is 39.1 Å². The molecule has 9 heteroatoms. The maximum absolute atomic E-state index is 13.6. The highest BCUT2D eigenvalue weighted by Gasteiger charge is 2.32. The number of sulfonamides is 1. The minimum absolute atomic E-state index is 0.193. The van der Waals surface area contributed by atoms with E-state index in [1.165, 1.54) is 0 Å². The van der Waals surface area contributed by atoms with E-state index in [0.717, 1.165) is 10.4 Å². The van der Waals surface area contributed by atoms with Gasteiger partial charge in [-0.25, -0.2) is 26.0 Å². The maximum Gasteiger partial charge on any atom is 0.264 e. The smallest absolute Gasteiger partial charge is 0.264 e. The SMILES string of the molecule is O=S(=O)(c1cc(F)ccc1F)N1CCOC(C(F)F)CC1. The molecule has 1 aliphatic heterocycles. The highest BCUT2D eigenvalue weighted by Crippen LogP contribution is 2.23. The number of nitrogens with zero attached hydrogens (tertiary/aromatic N) is 1. The Morgan fingerprint density at radius 3 is 2.62 bits per heavy atom. The zero-order chi connectivity index (χ0) is 15.6. The Bertz CT molecular complexity index is 609. The second-order valence-electron chi connectivity index (χ2n) is 4.51. The minimum Gasteiger partial charge on any atom is -0.371 e. The molecule has 1 aromatic rings. The summed E-state index contributed by atoms with van der Waals surface area (Å²) in [6, 6.07) is 2.08. The first-order chi connectivity index (χ1) is 9.82. The van der Waals surface area contributed by atoms with Crippen LogP contribution in [-0.4, -0.2) is 44.9 Å². The molecule has 1 aromatic carbocycles. The van der Waals surface area contributed by atoms with Crippen molar-refractivity contribution in [2.75, 3.05) is 19.7 Å². The molecule has 0 saturated carbocycles. The van der Waals surface area contributed by atoms with Crippen LogP contribution in [0.25, 0.3) is 0 Å². The first-order valence-corrected chi connectivity index (χ1v) is 7.61. The second-order valence-corrected chi connectivity index (χ2v) is 6.42. The third kappa shape index (κ3) is 3.53. The first kappa shape index (κ1) is 16.2. The second kappa shape index (κ2) is 6.29. The molecule has 21 heavy (non-hydrogen) atoms. The van der Waals surface area contributed by atoms with Gasteiger partial charge in [-0.1, -0.05) is 0 Å². The first-order valence-electron chi connectivity index (χ1n) is 6.17. The van der Waals surface area contributed by atoms with Gasteiger partial charge in [-0.15, -0.1) is 0 Å². The van der Waals surface area contributed by atoms with Crippen LogP contribution in [0.4, 0.5) is 17.6 Å². The fourth-order valence-electron chi connectivity index (χ4n) is 2.03. The van der Waals surface area contributed by atoms with Gasteiger partial charge in [0.25, 0.3) is 6.43 Å². The van der Waals surface area contributed by atoms with Crippen molar-refractivity contribution < 1.29 is 30.7 Å². The highest BCUT2D eigenvalue weighted by molar-refractivity contribution is 7.89. The van der Waals surface area contributed by atoms with Gasteiger partial charge < -0.3 is 4.74 Å². The van der Waals surface area contributed by atoms with E-state index in [1.807, 2.05) is 0 Å². The van der Waals surface area contributed by atoms with Crippen LogP contribution in [-0.2, 0) is 14.8 Å². The van der Waals surface area contributed by atoms with Gasteiger partial charge in [-0.3, -0.25) is 0 Å². The summed E-state index contributed by atoms with van der Waals surface area (Å²) < 4.78 is 82.1. The molecule has 0 radical (unpaired) electrons. The molecule has 1 saturated heterocycles. The van der Waals surface area contributed by atoms with Gasteiger partial charge in [-0.2, -0.15) is 4.31 Å². The van der Waals surface area contributed by atoms with Crippen molar-refractivity contribution in [3.05, 3.63) is 29.8 Å². The molecule has 4 nitrogen and oxygen atoms in total. The van der Waals surface area contributed by atoms with Crippen LogP contribution in [0, 0.1) is 11.6 Å². The molecule has 1 aliphatic rings. The molecule has 1 unspecified atom stereocenters. The normalized spacial score (nSPS) is 21.5. The lowest BCUT2D eigenvalue weighted by Gasteiger charge is -2.19. The summed E-state index contributed by atoms with van der Waals surface area (Å²) in [5.74, 6) is -1.99. The van der Waals surface area contributed by atoms with Crippen LogP contribution in [0.3, 0.4) is 0 Å². The van der Waals surface area contributed by atoms with Crippen molar-refractivity contribution in [2.24, 2.45) is 0 Å². The van der Waals surface area contributed by atoms with Crippen LogP contribution in [0.2, 0.25) is 0 Å². The number of ether oxygens (including phenoxy) is 1. The third-order valence-corrected chi connectivity index (χ3v) is 5.04. The van der Waals surface area contributed by atoms with Crippen LogP contribution in [0.5, 0.6) is 0 Å². The van der Waals surface area contributed by atoms with Crippen LogP contribution >= 0.6 is 0 Å². The Morgan fingerprint density at radius 2 is 1.95 bits per heavy atom. The summed E-state index contributed by atoms with van der Waals surface area (Å²) in [6.45, 7) is -0.667. The molecule has 0 spiro atoms. The van der Waals surface area contributed by atoms with Gasteiger partial charge in [0.2, 0.25) is 10.0 Å². The molecule has 0 aromatic heterocycles. The van der Waals surface area contributed by atoms with E-state index >= 15 is 0 Å². The van der Waals surface area contributed by atoms with Crippen molar-refractivity contribution in [3.63, 3.8) is 0 Å². The Hall–Kier alpha value is -1.19. The van der Waals surface area contributed by atoms with Gasteiger partial charge >= 0.3 is 0 Å². The Labute approximate surface area is 119 Å². The number of hydrogen-bond acceptors (Lipinski definition) is 3. The van der Waals surface area contributed by atoms with Crippen molar-refractivity contribution in [2.45, 2.75) is 23.8 Å². The summed E-state index contributed by atoms with van der Waals surface area (Å²) in [5.41, 5.74) is 0. The summed E-state index contributed by atoms with van der Waals surface area (Å²) >= 11 is 0. The molecule has 1 fully saturated rings. The summed E-state index contributed by atoms with van der Waals surface area (Å²) in [4.78, 5) is -0.807. The van der Waals surface area contributed by atoms with Crippen LogP contribution in [0.15, 0.2) is 23.1 Å². The molecular weight excluding hydrogens is 314 g/mol. The number of rotatable bonds is 3. The number of alkyl halides is 2. The van der Waals surface area contributed by atoms with E-state index in [-0.39, 0.29) is 26.1 Å². The molecule has 0 aliphatic carbocycles. The number of halogens is 4. The van der Waals surface area contributed by atoms with Gasteiger partial charge in [0.15, 0.2) is 0 Å². The zero-order valence-electron chi connectivity index (χ0n) is 10.8. The van der Waals surface area contributed by atoms with E-state index in [4.69, 9.17) is 4.74 Å². The molecular formula is C12H13F4NO3S. The lowest BCUT2D eigenvalue weighted by molar-refractivity contribution is -0.0495. The average molecular weight is 327 g/mol. The summed E-state index contributed by atoms with van der Waals surface area (Å²) in [5, 5.41) is 0. The molecule has 118 valence electrons. The predicted octanol–water partition coefficient (Wildman–Crippen LogP) is 2.01. The Kier molecular flexibility index (Phi) is 4.84. The van der Waals surface area contributed by atoms with Crippen molar-refractivity contribution in [3.8, 4) is 0 Å². The Balaban J connectivity index is 2.25. The van der Waals surface area contributed by atoms with Crippen molar-refractivity contribution in [1.29, 1.82) is 0 Å². The molecule has 2 rings (SSSR count). The summed E-state index contributed by atoms with van der Waals surface area (Å²) in [6.07, 6.45) is -4.30. The van der Waals surface area contributed by atoms with Gasteiger partial charge in [0.1, 0.15) is 22.6 Å². The minimum atomic E-state index is -4.29. The lowest BCUT2D eigenvalue weighted by Crippen LogP contribution is -2.34. The standard InChI is InChI=1S/C12H13F4NO3S/c13-8-1-2-9(14)11(7-8)21(18,19)17-4-3-10(12(15)16)20-6-5-17/h1-2,7,10,12H,3-6H2. The zero-order valence-corrected chi connectivity index (χ0v) is 11.6. The van der Waals surface area contributed by atoms with E-state index in [0.29, 0.717) is 12.1 Å². The van der Waals surface area contributed by atoms with E-state index in [2.05, 4.69) is 0 Å². The topological polar surface area (TPSA) is 46.6 Å². The Morgan fingerprint density at radius 1 is 1.24 bits per heavy atom. The molecule has 0 bridgehead atoms. The van der Waals surface area contributed by atoms with E-state index in [1.54, 1.807) is 0 Å². The monoisotopic (exact) mass is 327 g/mol. The number of hydrogen-bond donors (Lipinski definition) is 0. The van der Waals surface area contributed by atoms with Gasteiger partial charge in [-0.05, 0) is 24.6 Å². The fourth-order valence-corrected chi connectivity index (χ4v) is 3.54. The largest absolute Gasteiger partial charge is 0.371 e. The predicted molar refractivity (Wildman–Crippen MR) is 65.5 cm³/mol. The average Bonchev–Trinajstić information content (AvgIpc) is 2.67. The molecule has 0 amide bonds. The maximum atomic E-state index is 13.6. The van der Waals surface area contributed by atoms with Crippen LogP contribution in [0.1, 0.15) is 6.42 Å². The molecule has 1 heterocycles. The van der Waals surface area contributed by atoms with Crippen LogP contribution < -0.4 is 0 Å². The third-order valence-electron chi connectivity index (χ3n) is 3.13. The van der Waals surface area contributed by atoms with Crippen molar-refractivity contribution in [1.82, 2.24) is 4.31 Å². The molecule has 0 N–H and O–H groups in total. The van der Waals surface area contributed by atoms with Crippen molar-refractivity contribution >= 4 is 10.0 Å². The summed E-state index contributed by atoms with van der Waals surface area (Å²) in [7, 11) is -4.29. The highest BCUT2D eigenvalue weighted by atomic mass is 32.2. The number of benzene rings is 1. The fraction of sp³-hybridized carbons (Fsp3) is 0.500. The van der Waals surface area contributed by atoms with Gasteiger partial charge in [0.05, 0.1) is 6.61 Å².